The van der Waals surface area contributed by atoms with Gasteiger partial charge in [0.15, 0.2) is 5.82 Å². The fourth-order valence-corrected chi connectivity index (χ4v) is 2.02. The maximum absolute atomic E-state index is 6.05. The van der Waals surface area contributed by atoms with Gasteiger partial charge in [-0.1, -0.05) is 25.4 Å². The van der Waals surface area contributed by atoms with E-state index >= 15 is 0 Å². The molecule has 0 saturated carbocycles. The van der Waals surface area contributed by atoms with E-state index < -0.39 is 0 Å². The van der Waals surface area contributed by atoms with Crippen LogP contribution in [0.25, 0.3) is 11.4 Å². The summed E-state index contributed by atoms with van der Waals surface area (Å²) in [5, 5.41) is 4.91. The SMILES string of the molecule is COC(C)c1nc(Cl)cc(-c2ccn(CC(C)C)n2)n1. The Kier molecular flexibility index (Phi) is 4.73. The average Bonchev–Trinajstić information content (AvgIpc) is 2.84. The first-order chi connectivity index (χ1) is 9.49. The van der Waals surface area contributed by atoms with E-state index in [0.717, 1.165) is 12.2 Å². The lowest BCUT2D eigenvalue weighted by atomic mass is 10.2. The number of ether oxygens (including phenoxy) is 1. The van der Waals surface area contributed by atoms with Gasteiger partial charge in [-0.15, -0.1) is 0 Å². The lowest BCUT2D eigenvalue weighted by Crippen LogP contribution is -2.06. The van der Waals surface area contributed by atoms with Crippen molar-refractivity contribution in [3.05, 3.63) is 29.3 Å². The van der Waals surface area contributed by atoms with E-state index in [1.807, 2.05) is 23.9 Å². The van der Waals surface area contributed by atoms with Crippen LogP contribution in [0.2, 0.25) is 5.15 Å². The molecule has 0 amide bonds. The number of methoxy groups -OCH3 is 1. The predicted octanol–water partition coefficient (Wildman–Crippen LogP) is 3.36. The Hall–Kier alpha value is -1.46. The van der Waals surface area contributed by atoms with Crippen LogP contribution in [0.1, 0.15) is 32.7 Å². The van der Waals surface area contributed by atoms with Gasteiger partial charge in [-0.2, -0.15) is 5.10 Å². The van der Waals surface area contributed by atoms with E-state index in [4.69, 9.17) is 16.3 Å². The minimum Gasteiger partial charge on any atom is -0.374 e. The minimum absolute atomic E-state index is 0.204. The molecule has 108 valence electrons. The van der Waals surface area contributed by atoms with Gasteiger partial charge < -0.3 is 4.74 Å². The maximum atomic E-state index is 6.05. The standard InChI is InChI=1S/C14H19ClN4O/c1-9(2)8-19-6-5-11(18-19)12-7-13(15)17-14(16-12)10(3)20-4/h5-7,9-10H,8H2,1-4H3. The number of halogens is 1. The maximum Gasteiger partial charge on any atom is 0.159 e. The zero-order valence-corrected chi connectivity index (χ0v) is 12.9. The largest absolute Gasteiger partial charge is 0.374 e. The number of rotatable bonds is 5. The molecule has 0 saturated heterocycles. The van der Waals surface area contributed by atoms with Crippen LogP contribution < -0.4 is 0 Å². The number of hydrogen-bond acceptors (Lipinski definition) is 4. The van der Waals surface area contributed by atoms with Gasteiger partial charge in [-0.3, -0.25) is 4.68 Å². The minimum atomic E-state index is -0.204. The van der Waals surface area contributed by atoms with Gasteiger partial charge in [0.05, 0.1) is 5.69 Å². The van der Waals surface area contributed by atoms with E-state index in [9.17, 15) is 0 Å². The lowest BCUT2D eigenvalue weighted by Gasteiger charge is -2.09. The molecule has 2 aromatic heterocycles. The Bertz CT molecular complexity index is 582. The van der Waals surface area contributed by atoms with Crippen LogP contribution in [-0.4, -0.2) is 26.9 Å². The zero-order valence-electron chi connectivity index (χ0n) is 12.2. The molecule has 1 unspecified atom stereocenters. The molecule has 0 spiro atoms. The molecule has 2 aromatic rings. The second-order valence-corrected chi connectivity index (χ2v) is 5.52. The van der Waals surface area contributed by atoms with Crippen LogP contribution in [0.15, 0.2) is 18.3 Å². The molecule has 6 heteroatoms. The predicted molar refractivity (Wildman–Crippen MR) is 78.5 cm³/mol. The van der Waals surface area contributed by atoms with Crippen LogP contribution in [0, 0.1) is 5.92 Å². The van der Waals surface area contributed by atoms with Gasteiger partial charge in [0.2, 0.25) is 0 Å². The van der Waals surface area contributed by atoms with E-state index in [-0.39, 0.29) is 6.10 Å². The van der Waals surface area contributed by atoms with Crippen LogP contribution in [0.3, 0.4) is 0 Å². The normalized spacial score (nSPS) is 12.9. The molecule has 0 radical (unpaired) electrons. The van der Waals surface area contributed by atoms with Crippen molar-refractivity contribution in [2.45, 2.75) is 33.4 Å². The van der Waals surface area contributed by atoms with Crippen LogP contribution in [0.4, 0.5) is 0 Å². The van der Waals surface area contributed by atoms with Gasteiger partial charge in [-0.25, -0.2) is 9.97 Å². The monoisotopic (exact) mass is 294 g/mol. The zero-order chi connectivity index (χ0) is 14.7. The van der Waals surface area contributed by atoms with Crippen molar-refractivity contribution in [2.24, 2.45) is 5.92 Å². The Balaban J connectivity index is 2.32. The molecular weight excluding hydrogens is 276 g/mol. The molecule has 5 nitrogen and oxygen atoms in total. The van der Waals surface area contributed by atoms with Crippen molar-refractivity contribution >= 4 is 11.6 Å². The highest BCUT2D eigenvalue weighted by Gasteiger charge is 2.13. The van der Waals surface area contributed by atoms with Gasteiger partial charge in [0, 0.05) is 25.9 Å². The molecule has 0 aliphatic rings. The number of nitrogens with zero attached hydrogens (tertiary/aromatic N) is 4. The van der Waals surface area contributed by atoms with E-state index in [0.29, 0.717) is 22.6 Å². The average molecular weight is 295 g/mol. The topological polar surface area (TPSA) is 52.8 Å². The molecule has 0 bridgehead atoms. The molecule has 0 N–H and O–H groups in total. The Morgan fingerprint density at radius 2 is 2.00 bits per heavy atom. The van der Waals surface area contributed by atoms with Crippen molar-refractivity contribution in [3.8, 4) is 11.4 Å². The molecule has 0 aromatic carbocycles. The highest BCUT2D eigenvalue weighted by Crippen LogP contribution is 2.21. The van der Waals surface area contributed by atoms with Gasteiger partial charge in [-0.05, 0) is 18.9 Å². The Morgan fingerprint density at radius 1 is 1.25 bits per heavy atom. The molecule has 0 aliphatic carbocycles. The van der Waals surface area contributed by atoms with Crippen LogP contribution in [-0.2, 0) is 11.3 Å². The van der Waals surface area contributed by atoms with E-state index in [1.165, 1.54) is 0 Å². The van der Waals surface area contributed by atoms with Crippen molar-refractivity contribution in [3.63, 3.8) is 0 Å². The highest BCUT2D eigenvalue weighted by atomic mass is 35.5. The fraction of sp³-hybridized carbons (Fsp3) is 0.500. The third-order valence-electron chi connectivity index (χ3n) is 2.88. The number of hydrogen-bond donors (Lipinski definition) is 0. The summed E-state index contributed by atoms with van der Waals surface area (Å²) in [5.74, 6) is 1.11. The van der Waals surface area contributed by atoms with E-state index in [2.05, 4.69) is 28.9 Å². The lowest BCUT2D eigenvalue weighted by molar-refractivity contribution is 0.112. The summed E-state index contributed by atoms with van der Waals surface area (Å²) >= 11 is 6.05. The third-order valence-corrected chi connectivity index (χ3v) is 3.08. The van der Waals surface area contributed by atoms with Crippen molar-refractivity contribution in [1.29, 1.82) is 0 Å². The van der Waals surface area contributed by atoms with Crippen molar-refractivity contribution in [1.82, 2.24) is 19.7 Å². The second kappa shape index (κ2) is 6.33. The quantitative estimate of drug-likeness (QED) is 0.794. The molecule has 0 aliphatic heterocycles. The number of aromatic nitrogens is 4. The van der Waals surface area contributed by atoms with Gasteiger partial charge in [0.1, 0.15) is 17.0 Å². The van der Waals surface area contributed by atoms with Crippen LogP contribution >= 0.6 is 11.6 Å². The van der Waals surface area contributed by atoms with E-state index in [1.54, 1.807) is 13.2 Å². The summed E-state index contributed by atoms with van der Waals surface area (Å²) in [6.07, 6.45) is 1.75. The smallest absolute Gasteiger partial charge is 0.159 e. The molecule has 0 fully saturated rings. The molecule has 2 heterocycles. The van der Waals surface area contributed by atoms with Gasteiger partial charge in [0.25, 0.3) is 0 Å². The molecule has 20 heavy (non-hydrogen) atoms. The summed E-state index contributed by atoms with van der Waals surface area (Å²) < 4.78 is 7.14. The van der Waals surface area contributed by atoms with Crippen molar-refractivity contribution < 1.29 is 4.74 Å². The third kappa shape index (κ3) is 3.55. The fourth-order valence-electron chi connectivity index (χ4n) is 1.83. The Morgan fingerprint density at radius 3 is 2.65 bits per heavy atom. The summed E-state index contributed by atoms with van der Waals surface area (Å²) in [7, 11) is 1.62. The first kappa shape index (κ1) is 14.9. The second-order valence-electron chi connectivity index (χ2n) is 5.13. The van der Waals surface area contributed by atoms with Gasteiger partial charge >= 0.3 is 0 Å². The summed E-state index contributed by atoms with van der Waals surface area (Å²) in [6.45, 7) is 7.06. The summed E-state index contributed by atoms with van der Waals surface area (Å²) in [6, 6.07) is 3.65. The molecular formula is C14H19ClN4O. The Labute approximate surface area is 124 Å². The van der Waals surface area contributed by atoms with Crippen LogP contribution in [0.5, 0.6) is 0 Å². The summed E-state index contributed by atoms with van der Waals surface area (Å²) in [4.78, 5) is 8.65. The first-order valence-electron chi connectivity index (χ1n) is 6.60. The first-order valence-corrected chi connectivity index (χ1v) is 6.98. The molecule has 1 atom stereocenters. The summed E-state index contributed by atoms with van der Waals surface area (Å²) in [5.41, 5.74) is 1.51. The van der Waals surface area contributed by atoms with Crippen molar-refractivity contribution in [2.75, 3.05) is 7.11 Å². The molecule has 2 rings (SSSR count). The highest BCUT2D eigenvalue weighted by molar-refractivity contribution is 6.29.